The van der Waals surface area contributed by atoms with Gasteiger partial charge in [-0.05, 0) is 37.8 Å². The van der Waals surface area contributed by atoms with Crippen LogP contribution < -0.4 is 0 Å². The summed E-state index contributed by atoms with van der Waals surface area (Å²) in [6.45, 7) is 0. The van der Waals surface area contributed by atoms with Crippen LogP contribution in [0.15, 0.2) is 34.7 Å². The molecule has 2 aromatic rings. The molecule has 0 amide bonds. The maximum Gasteiger partial charge on any atom is 0.391 e. The van der Waals surface area contributed by atoms with Crippen molar-refractivity contribution in [2.45, 2.75) is 37.5 Å². The Bertz CT molecular complexity index is 574. The smallest absolute Gasteiger partial charge is 0.391 e. The molecule has 1 heterocycles. The van der Waals surface area contributed by atoms with Crippen LogP contribution in [0.5, 0.6) is 0 Å². The molecule has 3 rings (SSSR count). The number of furan rings is 1. The maximum absolute atomic E-state index is 12.7. The number of para-hydroxylation sites is 1. The van der Waals surface area contributed by atoms with Crippen molar-refractivity contribution in [1.82, 2.24) is 0 Å². The van der Waals surface area contributed by atoms with Crippen LogP contribution in [0.3, 0.4) is 0 Å². The average molecular weight is 284 g/mol. The van der Waals surface area contributed by atoms with Crippen molar-refractivity contribution in [1.29, 1.82) is 0 Å². The minimum atomic E-state index is -4.17. The SMILES string of the molecule is OC1(c2cc3ccccc3o2)CCC(C(F)(F)F)CC1. The zero-order valence-electron chi connectivity index (χ0n) is 10.8. The van der Waals surface area contributed by atoms with Crippen LogP contribution >= 0.6 is 0 Å². The van der Waals surface area contributed by atoms with Crippen molar-refractivity contribution in [3.63, 3.8) is 0 Å². The summed E-state index contributed by atoms with van der Waals surface area (Å²) in [5.41, 5.74) is -0.630. The van der Waals surface area contributed by atoms with E-state index in [0.717, 1.165) is 5.39 Å². The number of halogens is 3. The van der Waals surface area contributed by atoms with Crippen LogP contribution in [0.2, 0.25) is 0 Å². The molecule has 0 aliphatic heterocycles. The first-order chi connectivity index (χ1) is 9.38. The van der Waals surface area contributed by atoms with Gasteiger partial charge in [-0.15, -0.1) is 0 Å². The second-order valence-corrected chi connectivity index (χ2v) is 5.50. The number of rotatable bonds is 1. The molecule has 1 aliphatic rings. The van der Waals surface area contributed by atoms with Gasteiger partial charge >= 0.3 is 6.18 Å². The third-order valence-electron chi connectivity index (χ3n) is 4.16. The molecule has 1 fully saturated rings. The third kappa shape index (κ3) is 2.30. The van der Waals surface area contributed by atoms with E-state index in [1.54, 1.807) is 12.1 Å². The minimum Gasteiger partial charge on any atom is -0.458 e. The standard InChI is InChI=1S/C15H15F3O2/c16-15(17,18)11-5-7-14(19,8-6-11)13-9-10-3-1-2-4-12(10)20-13/h1-4,9,11,19H,5-8H2. The van der Waals surface area contributed by atoms with Crippen LogP contribution in [0.25, 0.3) is 11.0 Å². The lowest BCUT2D eigenvalue weighted by atomic mass is 9.77. The lowest BCUT2D eigenvalue weighted by molar-refractivity contribution is -0.194. The number of fused-ring (bicyclic) bond motifs is 1. The monoisotopic (exact) mass is 284 g/mol. The van der Waals surface area contributed by atoms with Gasteiger partial charge in [0, 0.05) is 5.39 Å². The van der Waals surface area contributed by atoms with Crippen LogP contribution in [0.4, 0.5) is 13.2 Å². The summed E-state index contributed by atoms with van der Waals surface area (Å²) in [5.74, 6) is -0.938. The zero-order chi connectivity index (χ0) is 14.4. The van der Waals surface area contributed by atoms with Gasteiger partial charge in [-0.1, -0.05) is 18.2 Å². The van der Waals surface area contributed by atoms with Crippen LogP contribution in [-0.2, 0) is 5.60 Å². The second kappa shape index (κ2) is 4.52. The van der Waals surface area contributed by atoms with Crippen molar-refractivity contribution < 1.29 is 22.7 Å². The molecular weight excluding hydrogens is 269 g/mol. The van der Waals surface area contributed by atoms with E-state index in [-0.39, 0.29) is 25.7 Å². The van der Waals surface area contributed by atoms with Crippen LogP contribution in [0, 0.1) is 5.92 Å². The van der Waals surface area contributed by atoms with Crippen molar-refractivity contribution >= 4 is 11.0 Å². The van der Waals surface area contributed by atoms with Gasteiger partial charge in [-0.25, -0.2) is 0 Å². The number of hydrogen-bond donors (Lipinski definition) is 1. The molecule has 1 aromatic carbocycles. The Labute approximate surface area is 114 Å². The first kappa shape index (κ1) is 13.5. The average Bonchev–Trinajstić information content (AvgIpc) is 2.82. The van der Waals surface area contributed by atoms with Crippen molar-refractivity contribution in [2.24, 2.45) is 5.92 Å². The Hall–Kier alpha value is -1.49. The molecule has 0 atom stereocenters. The highest BCUT2D eigenvalue weighted by atomic mass is 19.4. The zero-order valence-corrected chi connectivity index (χ0v) is 10.8. The highest BCUT2D eigenvalue weighted by molar-refractivity contribution is 5.77. The Kier molecular flexibility index (Phi) is 3.05. The maximum atomic E-state index is 12.7. The van der Waals surface area contributed by atoms with E-state index >= 15 is 0 Å². The molecule has 0 bridgehead atoms. The minimum absolute atomic E-state index is 0.0585. The third-order valence-corrected chi connectivity index (χ3v) is 4.16. The molecule has 108 valence electrons. The number of alkyl halides is 3. The molecule has 0 radical (unpaired) electrons. The lowest BCUT2D eigenvalue weighted by Crippen LogP contribution is -2.36. The Morgan fingerprint density at radius 2 is 1.80 bits per heavy atom. The summed E-state index contributed by atoms with van der Waals surface area (Å²) in [7, 11) is 0. The Morgan fingerprint density at radius 1 is 1.15 bits per heavy atom. The molecule has 1 aromatic heterocycles. The summed E-state index contributed by atoms with van der Waals surface area (Å²) < 4.78 is 43.6. The van der Waals surface area contributed by atoms with Gasteiger partial charge in [-0.2, -0.15) is 13.2 Å². The van der Waals surface area contributed by atoms with E-state index in [1.807, 2.05) is 18.2 Å². The van der Waals surface area contributed by atoms with Crippen molar-refractivity contribution in [2.75, 3.05) is 0 Å². The summed E-state index contributed by atoms with van der Waals surface area (Å²) >= 11 is 0. The highest BCUT2D eigenvalue weighted by Crippen LogP contribution is 2.46. The second-order valence-electron chi connectivity index (χ2n) is 5.50. The van der Waals surface area contributed by atoms with Crippen molar-refractivity contribution in [3.05, 3.63) is 36.1 Å². The van der Waals surface area contributed by atoms with Crippen LogP contribution in [-0.4, -0.2) is 11.3 Å². The molecule has 0 spiro atoms. The fraction of sp³-hybridized carbons (Fsp3) is 0.467. The molecule has 1 aliphatic carbocycles. The van der Waals surface area contributed by atoms with Gasteiger partial charge < -0.3 is 9.52 Å². The lowest BCUT2D eigenvalue weighted by Gasteiger charge is -2.35. The van der Waals surface area contributed by atoms with Crippen LogP contribution in [0.1, 0.15) is 31.4 Å². The number of hydrogen-bond acceptors (Lipinski definition) is 2. The molecule has 20 heavy (non-hydrogen) atoms. The fourth-order valence-electron chi connectivity index (χ4n) is 2.88. The van der Waals surface area contributed by atoms with E-state index in [9.17, 15) is 18.3 Å². The Morgan fingerprint density at radius 3 is 2.40 bits per heavy atom. The van der Waals surface area contributed by atoms with Gasteiger partial charge in [0.2, 0.25) is 0 Å². The highest BCUT2D eigenvalue weighted by Gasteiger charge is 2.46. The first-order valence-corrected chi connectivity index (χ1v) is 6.67. The van der Waals surface area contributed by atoms with Gasteiger partial charge in [0.15, 0.2) is 0 Å². The molecule has 1 saturated carbocycles. The van der Waals surface area contributed by atoms with E-state index in [1.165, 1.54) is 0 Å². The van der Waals surface area contributed by atoms with E-state index in [4.69, 9.17) is 4.42 Å². The van der Waals surface area contributed by atoms with Gasteiger partial charge in [0.25, 0.3) is 0 Å². The first-order valence-electron chi connectivity index (χ1n) is 6.67. The van der Waals surface area contributed by atoms with E-state index in [0.29, 0.717) is 11.3 Å². The molecule has 0 unspecified atom stereocenters. The molecule has 1 N–H and O–H groups in total. The molecule has 5 heteroatoms. The normalized spacial score (nSPS) is 27.9. The summed E-state index contributed by atoms with van der Waals surface area (Å²) in [6, 6.07) is 9.03. The van der Waals surface area contributed by atoms with E-state index in [2.05, 4.69) is 0 Å². The molecular formula is C15H15F3O2. The van der Waals surface area contributed by atoms with Gasteiger partial charge in [0.05, 0.1) is 5.92 Å². The largest absolute Gasteiger partial charge is 0.458 e. The summed E-state index contributed by atoms with van der Waals surface area (Å²) in [5, 5.41) is 11.4. The summed E-state index contributed by atoms with van der Waals surface area (Å²) in [6.07, 6.45) is -4.13. The predicted octanol–water partition coefficient (Wildman–Crippen LogP) is 4.37. The summed E-state index contributed by atoms with van der Waals surface area (Å²) in [4.78, 5) is 0. The number of benzene rings is 1. The fourth-order valence-corrected chi connectivity index (χ4v) is 2.88. The molecule has 2 nitrogen and oxygen atoms in total. The quantitative estimate of drug-likeness (QED) is 0.843. The van der Waals surface area contributed by atoms with Gasteiger partial charge in [-0.3, -0.25) is 0 Å². The predicted molar refractivity (Wildman–Crippen MR) is 68.1 cm³/mol. The van der Waals surface area contributed by atoms with E-state index < -0.39 is 17.7 Å². The topological polar surface area (TPSA) is 33.4 Å². The van der Waals surface area contributed by atoms with Crippen molar-refractivity contribution in [3.8, 4) is 0 Å². The molecule has 0 saturated heterocycles. The Balaban J connectivity index is 1.83. The number of aliphatic hydroxyl groups is 1. The van der Waals surface area contributed by atoms with Gasteiger partial charge in [0.1, 0.15) is 16.9 Å².